The zero-order valence-corrected chi connectivity index (χ0v) is 27.4. The predicted octanol–water partition coefficient (Wildman–Crippen LogP) is 1.56. The standard InChI is InChI=1S/C33H46N6O7/c1-22(2)9-13-39-24-6-7-26-25(19-24)32(35-36(26)3)33(43)38(15-16-44-4)20-29(40)34-11-14-37(12-10-30(39)41)31(42)18-23-5-8-27-28(17-23)46-21-45-27/h5,8,17,22,24H,6-7,9-16,18-21H2,1-4H3,(H,34,40). The van der Waals surface area contributed by atoms with Crippen LogP contribution in [-0.2, 0) is 45.4 Å². The Balaban J connectivity index is 1.42. The monoisotopic (exact) mass is 638 g/mol. The number of ether oxygens (including phenoxy) is 3. The summed E-state index contributed by atoms with van der Waals surface area (Å²) in [6.45, 7) is 5.95. The summed E-state index contributed by atoms with van der Waals surface area (Å²) in [5, 5.41) is 7.47. The molecule has 250 valence electrons. The van der Waals surface area contributed by atoms with Crippen molar-refractivity contribution in [3.63, 3.8) is 0 Å². The number of hydrogen-bond acceptors (Lipinski definition) is 8. The van der Waals surface area contributed by atoms with Crippen molar-refractivity contribution in [3.8, 4) is 11.5 Å². The molecular formula is C33H46N6O7. The number of methoxy groups -OCH3 is 1. The Hall–Kier alpha value is -4.13. The van der Waals surface area contributed by atoms with Gasteiger partial charge in [0.15, 0.2) is 17.2 Å². The number of rotatable bonds is 8. The van der Waals surface area contributed by atoms with Crippen molar-refractivity contribution in [2.24, 2.45) is 13.0 Å². The number of carbonyl (C=O) groups excluding carboxylic acids is 4. The van der Waals surface area contributed by atoms with Crippen molar-refractivity contribution in [1.29, 1.82) is 0 Å². The van der Waals surface area contributed by atoms with E-state index in [1.807, 2.05) is 18.0 Å². The van der Waals surface area contributed by atoms with Gasteiger partial charge in [-0.1, -0.05) is 19.9 Å². The van der Waals surface area contributed by atoms with Crippen molar-refractivity contribution < 1.29 is 33.4 Å². The van der Waals surface area contributed by atoms with Crippen molar-refractivity contribution in [1.82, 2.24) is 29.8 Å². The molecule has 13 heteroatoms. The third-order valence-electron chi connectivity index (χ3n) is 8.97. The Morgan fingerprint density at radius 2 is 1.91 bits per heavy atom. The van der Waals surface area contributed by atoms with Gasteiger partial charge in [-0.3, -0.25) is 23.9 Å². The van der Waals surface area contributed by atoms with E-state index in [0.29, 0.717) is 42.5 Å². The van der Waals surface area contributed by atoms with E-state index >= 15 is 0 Å². The Morgan fingerprint density at radius 3 is 2.70 bits per heavy atom. The van der Waals surface area contributed by atoms with Crippen LogP contribution in [0.2, 0.25) is 0 Å². The minimum atomic E-state index is -0.349. The lowest BCUT2D eigenvalue weighted by Gasteiger charge is -2.36. The van der Waals surface area contributed by atoms with Crippen LogP contribution in [0.1, 0.15) is 60.4 Å². The van der Waals surface area contributed by atoms with E-state index in [1.54, 1.807) is 28.8 Å². The lowest BCUT2D eigenvalue weighted by molar-refractivity contribution is -0.136. The highest BCUT2D eigenvalue weighted by molar-refractivity contribution is 5.96. The first-order valence-electron chi connectivity index (χ1n) is 16.2. The highest BCUT2D eigenvalue weighted by Crippen LogP contribution is 2.33. The molecule has 4 amide bonds. The van der Waals surface area contributed by atoms with Crippen LogP contribution in [0.4, 0.5) is 0 Å². The molecule has 2 bridgehead atoms. The average Bonchev–Trinajstić information content (AvgIpc) is 3.63. The summed E-state index contributed by atoms with van der Waals surface area (Å²) >= 11 is 0. The lowest BCUT2D eigenvalue weighted by atomic mass is 9.89. The van der Waals surface area contributed by atoms with Gasteiger partial charge in [-0.05, 0) is 49.3 Å². The smallest absolute Gasteiger partial charge is 0.275 e. The number of amides is 4. The molecule has 5 rings (SSSR count). The number of hydrogen-bond donors (Lipinski definition) is 1. The van der Waals surface area contributed by atoms with Crippen LogP contribution in [0.15, 0.2) is 18.2 Å². The molecule has 1 aromatic carbocycles. The molecule has 2 aliphatic heterocycles. The first-order chi connectivity index (χ1) is 22.1. The van der Waals surface area contributed by atoms with E-state index in [0.717, 1.165) is 29.7 Å². The van der Waals surface area contributed by atoms with Crippen LogP contribution in [0.25, 0.3) is 0 Å². The van der Waals surface area contributed by atoms with Gasteiger partial charge in [0.05, 0.1) is 19.6 Å². The summed E-state index contributed by atoms with van der Waals surface area (Å²) in [6, 6.07) is 5.32. The van der Waals surface area contributed by atoms with Gasteiger partial charge in [-0.2, -0.15) is 5.10 Å². The maximum atomic E-state index is 13.9. The van der Waals surface area contributed by atoms with Gasteiger partial charge < -0.3 is 34.2 Å². The summed E-state index contributed by atoms with van der Waals surface area (Å²) in [5.41, 5.74) is 2.91. The molecule has 1 atom stereocenters. The molecule has 1 aliphatic carbocycles. The summed E-state index contributed by atoms with van der Waals surface area (Å²) in [4.78, 5) is 59.6. The number of aryl methyl sites for hydroxylation is 1. The second kappa shape index (κ2) is 15.0. The van der Waals surface area contributed by atoms with Crippen LogP contribution in [0.3, 0.4) is 0 Å². The molecule has 13 nitrogen and oxygen atoms in total. The predicted molar refractivity (Wildman–Crippen MR) is 168 cm³/mol. The zero-order valence-electron chi connectivity index (χ0n) is 27.4. The fourth-order valence-corrected chi connectivity index (χ4v) is 6.35. The molecule has 1 aromatic heterocycles. The molecule has 1 N–H and O–H groups in total. The zero-order chi connectivity index (χ0) is 32.8. The van der Waals surface area contributed by atoms with E-state index in [9.17, 15) is 19.2 Å². The van der Waals surface area contributed by atoms with Crippen molar-refractivity contribution in [3.05, 3.63) is 40.7 Å². The minimum absolute atomic E-state index is 0.0235. The minimum Gasteiger partial charge on any atom is -0.454 e. The number of carbonyl (C=O) groups is 4. The second-order valence-corrected chi connectivity index (χ2v) is 12.6. The lowest BCUT2D eigenvalue weighted by Crippen LogP contribution is -2.48. The summed E-state index contributed by atoms with van der Waals surface area (Å²) in [6.07, 6.45) is 3.06. The Bertz CT molecular complexity index is 1440. The molecule has 46 heavy (non-hydrogen) atoms. The van der Waals surface area contributed by atoms with Gasteiger partial charge in [0.2, 0.25) is 24.5 Å². The first kappa shape index (κ1) is 33.2. The maximum Gasteiger partial charge on any atom is 0.275 e. The van der Waals surface area contributed by atoms with Gasteiger partial charge in [-0.15, -0.1) is 0 Å². The van der Waals surface area contributed by atoms with Gasteiger partial charge >= 0.3 is 0 Å². The molecule has 0 saturated heterocycles. The van der Waals surface area contributed by atoms with Gasteiger partial charge in [0.25, 0.3) is 5.91 Å². The van der Waals surface area contributed by atoms with E-state index in [2.05, 4.69) is 24.3 Å². The van der Waals surface area contributed by atoms with Crippen LogP contribution >= 0.6 is 0 Å². The fraction of sp³-hybridized carbons (Fsp3) is 0.606. The Labute approximate surface area is 270 Å². The number of benzene rings is 1. The normalized spacial score (nSPS) is 19.2. The summed E-state index contributed by atoms with van der Waals surface area (Å²) < 4.78 is 17.9. The van der Waals surface area contributed by atoms with Gasteiger partial charge in [-0.25, -0.2) is 0 Å². The van der Waals surface area contributed by atoms with E-state index in [-0.39, 0.29) is 88.6 Å². The van der Waals surface area contributed by atoms with E-state index in [4.69, 9.17) is 14.2 Å². The van der Waals surface area contributed by atoms with Crippen molar-refractivity contribution in [2.75, 3.05) is 59.8 Å². The highest BCUT2D eigenvalue weighted by atomic mass is 16.7. The van der Waals surface area contributed by atoms with Crippen LogP contribution in [-0.4, -0.2) is 114 Å². The molecule has 0 saturated carbocycles. The maximum absolute atomic E-state index is 13.9. The Morgan fingerprint density at radius 1 is 1.11 bits per heavy atom. The third-order valence-corrected chi connectivity index (χ3v) is 8.97. The highest BCUT2D eigenvalue weighted by Gasteiger charge is 2.35. The topological polar surface area (TPSA) is 136 Å². The van der Waals surface area contributed by atoms with Crippen LogP contribution in [0.5, 0.6) is 11.5 Å². The average molecular weight is 639 g/mol. The Kier molecular flexibility index (Phi) is 10.8. The van der Waals surface area contributed by atoms with Gasteiger partial charge in [0, 0.05) is 70.6 Å². The molecule has 0 radical (unpaired) electrons. The van der Waals surface area contributed by atoms with Gasteiger partial charge in [0.1, 0.15) is 0 Å². The molecule has 0 fully saturated rings. The van der Waals surface area contributed by atoms with Crippen molar-refractivity contribution in [2.45, 2.75) is 58.4 Å². The quantitative estimate of drug-likeness (QED) is 0.461. The molecule has 0 spiro atoms. The van der Waals surface area contributed by atoms with E-state index in [1.165, 1.54) is 4.90 Å². The second-order valence-electron chi connectivity index (χ2n) is 12.6. The SMILES string of the molecule is COCCN1CC(=O)NCCN(C(=O)Cc2ccc3c(c2)OCO3)CCC(=O)N(CCC(C)C)C2CCc3c(c(nn3C)C1=O)C2. The number of fused-ring (bicyclic) bond motifs is 2. The largest absolute Gasteiger partial charge is 0.454 e. The molecular weight excluding hydrogens is 592 g/mol. The number of aromatic nitrogens is 2. The third kappa shape index (κ3) is 7.80. The molecule has 3 aliphatic rings. The first-order valence-corrected chi connectivity index (χ1v) is 16.2. The fourth-order valence-electron chi connectivity index (χ4n) is 6.35. The molecule has 3 heterocycles. The van der Waals surface area contributed by atoms with Crippen molar-refractivity contribution >= 4 is 23.6 Å². The number of nitrogens with zero attached hydrogens (tertiary/aromatic N) is 5. The summed E-state index contributed by atoms with van der Waals surface area (Å²) in [7, 11) is 3.38. The van der Waals surface area contributed by atoms with Crippen LogP contribution in [0, 0.1) is 5.92 Å². The van der Waals surface area contributed by atoms with Crippen LogP contribution < -0.4 is 14.8 Å². The number of nitrogens with one attached hydrogen (secondary N) is 1. The molecule has 1 unspecified atom stereocenters. The van der Waals surface area contributed by atoms with E-state index < -0.39 is 0 Å². The molecule has 2 aromatic rings. The summed E-state index contributed by atoms with van der Waals surface area (Å²) in [5.74, 6) is 0.777.